The van der Waals surface area contributed by atoms with Crippen molar-refractivity contribution < 1.29 is 0 Å². The lowest BCUT2D eigenvalue weighted by Crippen LogP contribution is -2.18. The van der Waals surface area contributed by atoms with Gasteiger partial charge >= 0.3 is 0 Å². The minimum atomic E-state index is 0.642. The van der Waals surface area contributed by atoms with Crippen LogP contribution in [0.15, 0.2) is 61.7 Å². The molecule has 0 spiro atoms. The minimum Gasteiger partial charge on any atom is -0.353 e. The van der Waals surface area contributed by atoms with Gasteiger partial charge in [0.15, 0.2) is 0 Å². The number of H-pyrrole nitrogens is 1. The molecule has 1 aliphatic rings. The van der Waals surface area contributed by atoms with E-state index in [-0.39, 0.29) is 0 Å². The highest BCUT2D eigenvalue weighted by molar-refractivity contribution is 7.19. The van der Waals surface area contributed by atoms with Crippen LogP contribution in [0.2, 0.25) is 4.34 Å². The van der Waals surface area contributed by atoms with E-state index in [1.807, 2.05) is 42.9 Å². The number of hydrogen-bond acceptors (Lipinski definition) is 7. The van der Waals surface area contributed by atoms with Crippen LogP contribution in [0.25, 0.3) is 38.4 Å². The third kappa shape index (κ3) is 4.87. The Balaban J connectivity index is 1.28. The SMILES string of the molecule is C=C(Nc1cncc(-c2ccc(Cl)s2)c1C)c1n[nH]c2ccc(-c3cncc(CN4CCCC4)c3)nc12. The van der Waals surface area contributed by atoms with Gasteiger partial charge in [-0.2, -0.15) is 5.10 Å². The number of nitrogens with zero attached hydrogens (tertiary/aromatic N) is 5. The highest BCUT2D eigenvalue weighted by atomic mass is 35.5. The number of hydrogen-bond donors (Lipinski definition) is 2. The molecular weight excluding hydrogens is 502 g/mol. The molecule has 0 bridgehead atoms. The molecule has 0 aromatic carbocycles. The predicted molar refractivity (Wildman–Crippen MR) is 152 cm³/mol. The van der Waals surface area contributed by atoms with Gasteiger partial charge in [0.05, 0.1) is 33.1 Å². The molecule has 6 heterocycles. The van der Waals surface area contributed by atoms with E-state index in [0.717, 1.165) is 68.0 Å². The number of pyridine rings is 3. The maximum Gasteiger partial charge on any atom is 0.134 e. The Labute approximate surface area is 224 Å². The summed E-state index contributed by atoms with van der Waals surface area (Å²) in [7, 11) is 0. The van der Waals surface area contributed by atoms with Gasteiger partial charge in [-0.05, 0) is 74.3 Å². The van der Waals surface area contributed by atoms with Crippen LogP contribution in [-0.2, 0) is 6.54 Å². The molecular formula is C28H26ClN7S. The van der Waals surface area contributed by atoms with Crippen molar-refractivity contribution >= 4 is 45.4 Å². The van der Waals surface area contributed by atoms with Gasteiger partial charge in [-0.15, -0.1) is 11.3 Å². The normalized spacial score (nSPS) is 13.9. The van der Waals surface area contributed by atoms with E-state index in [0.29, 0.717) is 11.4 Å². The molecule has 0 saturated carbocycles. The fraction of sp³-hybridized carbons (Fsp3) is 0.214. The second-order valence-electron chi connectivity index (χ2n) is 9.30. The quantitative estimate of drug-likeness (QED) is 0.242. The van der Waals surface area contributed by atoms with Gasteiger partial charge in [0.2, 0.25) is 0 Å². The van der Waals surface area contributed by atoms with Crippen molar-refractivity contribution in [1.82, 2.24) is 30.0 Å². The molecule has 0 unspecified atom stereocenters. The van der Waals surface area contributed by atoms with E-state index in [1.165, 1.54) is 29.7 Å². The maximum absolute atomic E-state index is 6.16. The summed E-state index contributed by atoms with van der Waals surface area (Å²) in [6.07, 6.45) is 10.0. The molecule has 7 nitrogen and oxygen atoms in total. The topological polar surface area (TPSA) is 82.6 Å². The van der Waals surface area contributed by atoms with Gasteiger partial charge in [0, 0.05) is 41.1 Å². The summed E-state index contributed by atoms with van der Waals surface area (Å²) >= 11 is 7.69. The van der Waals surface area contributed by atoms with E-state index < -0.39 is 0 Å². The van der Waals surface area contributed by atoms with Crippen LogP contribution in [0.3, 0.4) is 0 Å². The van der Waals surface area contributed by atoms with E-state index >= 15 is 0 Å². The van der Waals surface area contributed by atoms with Crippen molar-refractivity contribution in [2.45, 2.75) is 26.3 Å². The fourth-order valence-corrected chi connectivity index (χ4v) is 5.87. The molecule has 1 aliphatic heterocycles. The number of anilines is 1. The number of aromatic nitrogens is 5. The number of likely N-dealkylation sites (tertiary alicyclic amines) is 1. The molecule has 186 valence electrons. The fourth-order valence-electron chi connectivity index (χ4n) is 4.76. The number of nitrogens with one attached hydrogen (secondary N) is 2. The first kappa shape index (κ1) is 23.8. The summed E-state index contributed by atoms with van der Waals surface area (Å²) < 4.78 is 0.749. The Morgan fingerprint density at radius 1 is 1.11 bits per heavy atom. The predicted octanol–water partition coefficient (Wildman–Crippen LogP) is 6.78. The van der Waals surface area contributed by atoms with Crippen molar-refractivity contribution in [3.05, 3.63) is 82.9 Å². The van der Waals surface area contributed by atoms with Gasteiger partial charge in [-0.25, -0.2) is 4.98 Å². The zero-order valence-electron chi connectivity index (χ0n) is 20.5. The van der Waals surface area contributed by atoms with Crippen molar-refractivity contribution in [2.24, 2.45) is 0 Å². The van der Waals surface area contributed by atoms with Crippen LogP contribution in [0, 0.1) is 6.92 Å². The number of rotatable bonds is 7. The van der Waals surface area contributed by atoms with Crippen LogP contribution in [-0.4, -0.2) is 43.1 Å². The summed E-state index contributed by atoms with van der Waals surface area (Å²) in [5, 5.41) is 11.0. The Kier molecular flexibility index (Phi) is 6.46. The van der Waals surface area contributed by atoms with Crippen LogP contribution in [0.5, 0.6) is 0 Å². The second-order valence-corrected chi connectivity index (χ2v) is 11.0. The molecule has 0 radical (unpaired) electrons. The Morgan fingerprint density at radius 3 is 2.76 bits per heavy atom. The Morgan fingerprint density at radius 2 is 1.95 bits per heavy atom. The average molecular weight is 528 g/mol. The summed E-state index contributed by atoms with van der Waals surface area (Å²) in [5.41, 5.74) is 8.91. The Bertz CT molecular complexity index is 1600. The number of thiophene rings is 1. The third-order valence-electron chi connectivity index (χ3n) is 6.73. The van der Waals surface area contributed by atoms with Crippen LogP contribution >= 0.6 is 22.9 Å². The highest BCUT2D eigenvalue weighted by Gasteiger charge is 2.16. The van der Waals surface area contributed by atoms with Gasteiger partial charge < -0.3 is 5.32 Å². The van der Waals surface area contributed by atoms with Crippen molar-refractivity contribution in [2.75, 3.05) is 18.4 Å². The summed E-state index contributed by atoms with van der Waals surface area (Å²) in [5.74, 6) is 0. The van der Waals surface area contributed by atoms with Gasteiger partial charge in [-0.1, -0.05) is 18.2 Å². The van der Waals surface area contributed by atoms with E-state index in [1.54, 1.807) is 6.20 Å². The van der Waals surface area contributed by atoms with Gasteiger partial charge in [0.25, 0.3) is 0 Å². The van der Waals surface area contributed by atoms with Crippen LogP contribution < -0.4 is 5.32 Å². The monoisotopic (exact) mass is 527 g/mol. The second kappa shape index (κ2) is 10.0. The number of aromatic amines is 1. The first-order valence-corrected chi connectivity index (χ1v) is 13.4. The van der Waals surface area contributed by atoms with Gasteiger partial charge in [-0.3, -0.25) is 20.0 Å². The lowest BCUT2D eigenvalue weighted by Gasteiger charge is -2.14. The first-order chi connectivity index (χ1) is 18.0. The average Bonchev–Trinajstić information content (AvgIpc) is 3.66. The summed E-state index contributed by atoms with van der Waals surface area (Å²) in [6, 6.07) is 10.1. The molecule has 2 N–H and O–H groups in total. The van der Waals surface area contributed by atoms with E-state index in [2.05, 4.69) is 50.0 Å². The number of halogens is 1. The zero-order valence-corrected chi connectivity index (χ0v) is 22.0. The molecule has 37 heavy (non-hydrogen) atoms. The van der Waals surface area contributed by atoms with Crippen molar-refractivity contribution in [3.63, 3.8) is 0 Å². The van der Waals surface area contributed by atoms with Crippen LogP contribution in [0.4, 0.5) is 5.69 Å². The summed E-state index contributed by atoms with van der Waals surface area (Å²) in [6.45, 7) is 9.55. The summed E-state index contributed by atoms with van der Waals surface area (Å²) in [4.78, 5) is 17.4. The van der Waals surface area contributed by atoms with Crippen molar-refractivity contribution in [1.29, 1.82) is 0 Å². The molecule has 1 fully saturated rings. The zero-order chi connectivity index (χ0) is 25.4. The molecule has 0 amide bonds. The van der Waals surface area contributed by atoms with E-state index in [4.69, 9.17) is 16.6 Å². The number of fused-ring (bicyclic) bond motifs is 1. The standard InChI is InChI=1S/C28H26ClN7S/c1-17-21(25-7-8-26(29)37-25)14-31-15-24(17)32-18(2)27-28-23(34-35-27)6-5-22(33-28)20-11-19(12-30-13-20)16-36-9-3-4-10-36/h5-8,11-15,32H,2-4,9-10,16H2,1H3,(H,34,35). The highest BCUT2D eigenvalue weighted by Crippen LogP contribution is 2.35. The minimum absolute atomic E-state index is 0.642. The Hall–Kier alpha value is -3.59. The molecule has 5 aromatic rings. The van der Waals surface area contributed by atoms with E-state index in [9.17, 15) is 0 Å². The first-order valence-electron chi connectivity index (χ1n) is 12.2. The smallest absolute Gasteiger partial charge is 0.134 e. The lowest BCUT2D eigenvalue weighted by atomic mass is 10.1. The molecule has 9 heteroatoms. The molecule has 1 saturated heterocycles. The molecule has 0 atom stereocenters. The van der Waals surface area contributed by atoms with Crippen LogP contribution in [0.1, 0.15) is 29.7 Å². The lowest BCUT2D eigenvalue weighted by molar-refractivity contribution is 0.331. The maximum atomic E-state index is 6.16. The molecule has 5 aromatic heterocycles. The van der Waals surface area contributed by atoms with Gasteiger partial charge in [0.1, 0.15) is 11.2 Å². The molecule has 0 aliphatic carbocycles. The third-order valence-corrected chi connectivity index (χ3v) is 7.99. The largest absolute Gasteiger partial charge is 0.353 e. The molecule has 6 rings (SSSR count). The van der Waals surface area contributed by atoms with Crippen molar-refractivity contribution in [3.8, 4) is 21.7 Å².